The van der Waals surface area contributed by atoms with Gasteiger partial charge in [-0.1, -0.05) is 24.6 Å². The van der Waals surface area contributed by atoms with Crippen molar-refractivity contribution in [2.45, 2.75) is 19.5 Å². The van der Waals surface area contributed by atoms with E-state index in [4.69, 9.17) is 11.6 Å². The molecule has 0 spiro atoms. The lowest BCUT2D eigenvalue weighted by Gasteiger charge is -2.15. The summed E-state index contributed by atoms with van der Waals surface area (Å²) >= 11 is 5.73. The summed E-state index contributed by atoms with van der Waals surface area (Å²) in [6.45, 7) is 1.61. The van der Waals surface area contributed by atoms with Crippen LogP contribution in [0.4, 0.5) is 18.9 Å². The van der Waals surface area contributed by atoms with Gasteiger partial charge in [-0.05, 0) is 18.6 Å². The number of rotatable bonds is 6. The van der Waals surface area contributed by atoms with Crippen molar-refractivity contribution in [1.82, 2.24) is 0 Å². The number of alkyl halides is 3. The number of hydrogen-bond acceptors (Lipinski definition) is 3. The van der Waals surface area contributed by atoms with Gasteiger partial charge in [0.2, 0.25) is 0 Å². The molecular formula is C12H15ClF3NO2S. The highest BCUT2D eigenvalue weighted by molar-refractivity contribution is 7.91. The number of halogens is 4. The number of hydrogen-bond donors (Lipinski definition) is 1. The standard InChI is InChI=1S/C12H15ClF3NO2S/c1-2-7-20(18,19)8-6-17-11-9(12(14,15)16)4-3-5-10(11)13/h3-5,17H,2,6-8H2,1H3. The van der Waals surface area contributed by atoms with Gasteiger partial charge < -0.3 is 5.32 Å². The molecule has 1 aromatic carbocycles. The molecule has 0 aliphatic heterocycles. The minimum Gasteiger partial charge on any atom is -0.382 e. The Morgan fingerprint density at radius 2 is 1.90 bits per heavy atom. The summed E-state index contributed by atoms with van der Waals surface area (Å²) in [7, 11) is -3.25. The van der Waals surface area contributed by atoms with E-state index in [1.165, 1.54) is 12.1 Å². The van der Waals surface area contributed by atoms with E-state index in [1.54, 1.807) is 6.92 Å². The molecule has 0 saturated carbocycles. The third-order valence-electron chi connectivity index (χ3n) is 2.55. The van der Waals surface area contributed by atoms with E-state index in [0.29, 0.717) is 6.42 Å². The Labute approximate surface area is 121 Å². The van der Waals surface area contributed by atoms with Crippen molar-refractivity contribution in [2.24, 2.45) is 0 Å². The molecule has 1 aromatic rings. The quantitative estimate of drug-likeness (QED) is 0.867. The number of para-hydroxylation sites is 1. The van der Waals surface area contributed by atoms with Crippen LogP contribution < -0.4 is 5.32 Å². The van der Waals surface area contributed by atoms with Crippen molar-refractivity contribution >= 4 is 27.1 Å². The van der Waals surface area contributed by atoms with Crippen LogP contribution in [-0.2, 0) is 16.0 Å². The van der Waals surface area contributed by atoms with Gasteiger partial charge in [-0.2, -0.15) is 13.2 Å². The molecule has 0 heterocycles. The first-order valence-electron chi connectivity index (χ1n) is 5.97. The zero-order chi connectivity index (χ0) is 15.4. The van der Waals surface area contributed by atoms with Crippen molar-refractivity contribution < 1.29 is 21.6 Å². The van der Waals surface area contributed by atoms with Gasteiger partial charge in [-0.3, -0.25) is 0 Å². The molecule has 0 atom stereocenters. The maximum atomic E-state index is 12.8. The SMILES string of the molecule is CCCS(=O)(=O)CCNc1c(Cl)cccc1C(F)(F)F. The van der Waals surface area contributed by atoms with Gasteiger partial charge >= 0.3 is 6.18 Å². The van der Waals surface area contributed by atoms with Crippen LogP contribution in [-0.4, -0.2) is 26.5 Å². The molecule has 0 radical (unpaired) electrons. The molecule has 0 unspecified atom stereocenters. The fourth-order valence-electron chi connectivity index (χ4n) is 1.68. The molecule has 0 aliphatic rings. The van der Waals surface area contributed by atoms with Gasteiger partial charge in [0.15, 0.2) is 9.84 Å². The minimum atomic E-state index is -4.55. The summed E-state index contributed by atoms with van der Waals surface area (Å²) < 4.78 is 61.4. The highest BCUT2D eigenvalue weighted by Crippen LogP contribution is 2.38. The lowest BCUT2D eigenvalue weighted by molar-refractivity contribution is -0.136. The molecule has 0 bridgehead atoms. The van der Waals surface area contributed by atoms with Gasteiger partial charge in [0.25, 0.3) is 0 Å². The molecule has 1 N–H and O–H groups in total. The first-order valence-corrected chi connectivity index (χ1v) is 8.17. The third-order valence-corrected chi connectivity index (χ3v) is 4.72. The van der Waals surface area contributed by atoms with Crippen LogP contribution >= 0.6 is 11.6 Å². The second-order valence-corrected chi connectivity index (χ2v) is 6.95. The summed E-state index contributed by atoms with van der Waals surface area (Å²) in [4.78, 5) is 0. The fourth-order valence-corrected chi connectivity index (χ4v) is 3.17. The average Bonchev–Trinajstić information content (AvgIpc) is 2.29. The largest absolute Gasteiger partial charge is 0.418 e. The molecule has 0 amide bonds. The molecule has 20 heavy (non-hydrogen) atoms. The second kappa shape index (κ2) is 6.67. The molecule has 0 saturated heterocycles. The van der Waals surface area contributed by atoms with Crippen molar-refractivity contribution in [3.63, 3.8) is 0 Å². The maximum absolute atomic E-state index is 12.8. The first-order chi connectivity index (χ1) is 9.17. The Morgan fingerprint density at radius 3 is 2.45 bits per heavy atom. The van der Waals surface area contributed by atoms with Gasteiger partial charge in [0.1, 0.15) is 0 Å². The molecule has 3 nitrogen and oxygen atoms in total. The Kier molecular flexibility index (Phi) is 5.70. The summed E-state index contributed by atoms with van der Waals surface area (Å²) in [5.74, 6) is -0.216. The van der Waals surface area contributed by atoms with E-state index < -0.39 is 21.6 Å². The van der Waals surface area contributed by atoms with E-state index in [9.17, 15) is 21.6 Å². The predicted molar refractivity (Wildman–Crippen MR) is 73.9 cm³/mol. The van der Waals surface area contributed by atoms with Crippen LogP contribution in [0.25, 0.3) is 0 Å². The Balaban J connectivity index is 2.83. The fraction of sp³-hybridized carbons (Fsp3) is 0.500. The summed E-state index contributed by atoms with van der Waals surface area (Å²) in [5, 5.41) is 2.38. The highest BCUT2D eigenvalue weighted by Gasteiger charge is 2.34. The number of benzene rings is 1. The monoisotopic (exact) mass is 329 g/mol. The zero-order valence-electron chi connectivity index (χ0n) is 10.8. The van der Waals surface area contributed by atoms with E-state index >= 15 is 0 Å². The summed E-state index contributed by atoms with van der Waals surface area (Å²) in [5.41, 5.74) is -1.19. The van der Waals surface area contributed by atoms with Crippen molar-refractivity contribution in [2.75, 3.05) is 23.4 Å². The third kappa shape index (κ3) is 4.86. The lowest BCUT2D eigenvalue weighted by Crippen LogP contribution is -2.20. The van der Waals surface area contributed by atoms with Crippen LogP contribution in [0.15, 0.2) is 18.2 Å². The van der Waals surface area contributed by atoms with Crippen LogP contribution in [0, 0.1) is 0 Å². The minimum absolute atomic E-state index is 0.0172. The zero-order valence-corrected chi connectivity index (χ0v) is 12.4. The maximum Gasteiger partial charge on any atom is 0.418 e. The Hall–Kier alpha value is -0.950. The molecule has 114 valence electrons. The van der Waals surface area contributed by atoms with Crippen molar-refractivity contribution in [3.05, 3.63) is 28.8 Å². The van der Waals surface area contributed by atoms with E-state index in [2.05, 4.69) is 5.32 Å². The topological polar surface area (TPSA) is 46.2 Å². The first kappa shape index (κ1) is 17.1. The van der Waals surface area contributed by atoms with E-state index in [-0.39, 0.29) is 28.8 Å². The van der Waals surface area contributed by atoms with Crippen LogP contribution in [0.2, 0.25) is 5.02 Å². The van der Waals surface area contributed by atoms with Crippen LogP contribution in [0.3, 0.4) is 0 Å². The normalized spacial score (nSPS) is 12.4. The molecule has 8 heteroatoms. The molecular weight excluding hydrogens is 315 g/mol. The number of anilines is 1. The summed E-state index contributed by atoms with van der Waals surface area (Å²) in [6.07, 6.45) is -4.07. The van der Waals surface area contributed by atoms with Crippen LogP contribution in [0.5, 0.6) is 0 Å². The van der Waals surface area contributed by atoms with Gasteiger partial charge in [-0.25, -0.2) is 8.42 Å². The van der Waals surface area contributed by atoms with Gasteiger partial charge in [-0.15, -0.1) is 0 Å². The van der Waals surface area contributed by atoms with Crippen molar-refractivity contribution in [3.8, 4) is 0 Å². The Bertz CT molecular complexity index is 558. The number of nitrogens with one attached hydrogen (secondary N) is 1. The molecule has 0 aliphatic carbocycles. The van der Waals surface area contributed by atoms with Gasteiger partial charge in [0.05, 0.1) is 22.0 Å². The van der Waals surface area contributed by atoms with E-state index in [1.807, 2.05) is 0 Å². The molecule has 0 aromatic heterocycles. The highest BCUT2D eigenvalue weighted by atomic mass is 35.5. The number of sulfone groups is 1. The Morgan fingerprint density at radius 1 is 1.25 bits per heavy atom. The predicted octanol–water partition coefficient (Wildman–Crippen LogP) is 3.60. The average molecular weight is 330 g/mol. The summed E-state index contributed by atoms with van der Waals surface area (Å²) in [6, 6.07) is 3.42. The van der Waals surface area contributed by atoms with Crippen LogP contribution in [0.1, 0.15) is 18.9 Å². The van der Waals surface area contributed by atoms with E-state index in [0.717, 1.165) is 6.07 Å². The smallest absolute Gasteiger partial charge is 0.382 e. The second-order valence-electron chi connectivity index (χ2n) is 4.24. The van der Waals surface area contributed by atoms with Crippen molar-refractivity contribution in [1.29, 1.82) is 0 Å². The lowest BCUT2D eigenvalue weighted by atomic mass is 10.1. The van der Waals surface area contributed by atoms with Gasteiger partial charge in [0, 0.05) is 12.3 Å². The molecule has 1 rings (SSSR count). The molecule has 0 fully saturated rings.